The molecule has 0 fully saturated rings. The molecule has 0 bridgehead atoms. The summed E-state index contributed by atoms with van der Waals surface area (Å²) in [6, 6.07) is 12.5. The summed E-state index contributed by atoms with van der Waals surface area (Å²) < 4.78 is 0. The molecule has 1 heterocycles. The van der Waals surface area contributed by atoms with Crippen LogP contribution in [-0.2, 0) is 0 Å². The molecule has 4 nitrogen and oxygen atoms in total. The van der Waals surface area contributed by atoms with Crippen LogP contribution in [0.5, 0.6) is 0 Å². The first-order valence-electron chi connectivity index (χ1n) is 10.9. The lowest BCUT2D eigenvalue weighted by Crippen LogP contribution is -2.26. The minimum absolute atomic E-state index is 0.0631. The van der Waals surface area contributed by atoms with Crippen molar-refractivity contribution in [3.8, 4) is 11.3 Å². The van der Waals surface area contributed by atoms with Crippen molar-refractivity contribution in [2.24, 2.45) is 0 Å². The van der Waals surface area contributed by atoms with Gasteiger partial charge in [0.15, 0.2) is 0 Å². The van der Waals surface area contributed by atoms with E-state index in [1.807, 2.05) is 12.1 Å². The number of rotatable bonds is 7. The molecule has 1 aromatic heterocycles. The molecule has 158 valence electrons. The molecule has 3 rings (SSSR count). The van der Waals surface area contributed by atoms with Gasteiger partial charge in [0.1, 0.15) is 0 Å². The van der Waals surface area contributed by atoms with Crippen LogP contribution in [0.4, 0.5) is 5.69 Å². The third-order valence-corrected chi connectivity index (χ3v) is 5.62. The maximum atomic E-state index is 12.1. The Morgan fingerprint density at radius 2 is 1.53 bits per heavy atom. The average Bonchev–Trinajstić information content (AvgIpc) is 2.72. The second kappa shape index (κ2) is 9.29. The van der Waals surface area contributed by atoms with Crippen molar-refractivity contribution in [3.63, 3.8) is 0 Å². The summed E-state index contributed by atoms with van der Waals surface area (Å²) in [6.07, 6.45) is 2.21. The lowest BCUT2D eigenvalue weighted by Gasteiger charge is -2.28. The van der Waals surface area contributed by atoms with E-state index in [0.717, 1.165) is 59.4 Å². The normalized spacial score (nSPS) is 11.0. The third kappa shape index (κ3) is 4.04. The second-order valence-corrected chi connectivity index (χ2v) is 7.99. The SMILES string of the molecule is CCCN(CCC)c1c(C)nc(-c2c(C)cc(C(=O)NC)cc2C)c2ccccc12. The van der Waals surface area contributed by atoms with Crippen LogP contribution in [0.1, 0.15) is 53.9 Å². The van der Waals surface area contributed by atoms with Crippen LogP contribution in [0.25, 0.3) is 22.0 Å². The molecule has 1 amide bonds. The van der Waals surface area contributed by atoms with E-state index in [-0.39, 0.29) is 5.91 Å². The summed E-state index contributed by atoms with van der Waals surface area (Å²) in [5.74, 6) is -0.0631. The van der Waals surface area contributed by atoms with Crippen molar-refractivity contribution in [1.29, 1.82) is 0 Å². The number of anilines is 1. The zero-order chi connectivity index (χ0) is 21.8. The summed E-state index contributed by atoms with van der Waals surface area (Å²) in [5.41, 5.74) is 7.24. The van der Waals surface area contributed by atoms with E-state index in [9.17, 15) is 4.79 Å². The van der Waals surface area contributed by atoms with Gasteiger partial charge in [0.25, 0.3) is 5.91 Å². The highest BCUT2D eigenvalue weighted by atomic mass is 16.1. The maximum absolute atomic E-state index is 12.1. The smallest absolute Gasteiger partial charge is 0.251 e. The Kier molecular flexibility index (Phi) is 6.76. The van der Waals surface area contributed by atoms with Crippen molar-refractivity contribution in [2.75, 3.05) is 25.0 Å². The van der Waals surface area contributed by atoms with Gasteiger partial charge in [-0.15, -0.1) is 0 Å². The summed E-state index contributed by atoms with van der Waals surface area (Å²) >= 11 is 0. The predicted octanol–water partition coefficient (Wildman–Crippen LogP) is 5.81. The molecule has 0 unspecified atom stereocenters. The largest absolute Gasteiger partial charge is 0.370 e. The van der Waals surface area contributed by atoms with Crippen molar-refractivity contribution in [3.05, 3.63) is 58.8 Å². The van der Waals surface area contributed by atoms with E-state index in [2.05, 4.69) is 69.1 Å². The van der Waals surface area contributed by atoms with Gasteiger partial charge >= 0.3 is 0 Å². The zero-order valence-corrected chi connectivity index (χ0v) is 19.1. The van der Waals surface area contributed by atoms with Crippen molar-refractivity contribution in [1.82, 2.24) is 10.3 Å². The number of pyridine rings is 1. The Morgan fingerprint density at radius 1 is 0.967 bits per heavy atom. The van der Waals surface area contributed by atoms with E-state index in [1.54, 1.807) is 7.05 Å². The number of amides is 1. The van der Waals surface area contributed by atoms with Crippen LogP contribution in [0.2, 0.25) is 0 Å². The molecule has 30 heavy (non-hydrogen) atoms. The molecule has 0 atom stereocenters. The number of aromatic nitrogens is 1. The molecular weight excluding hydrogens is 370 g/mol. The molecule has 0 spiro atoms. The number of carbonyl (C=O) groups is 1. The van der Waals surface area contributed by atoms with Gasteiger partial charge in [0.05, 0.1) is 17.1 Å². The molecule has 0 saturated heterocycles. The molecule has 0 aliphatic carbocycles. The van der Waals surface area contributed by atoms with Crippen LogP contribution in [0.3, 0.4) is 0 Å². The van der Waals surface area contributed by atoms with Crippen molar-refractivity contribution >= 4 is 22.4 Å². The highest BCUT2D eigenvalue weighted by molar-refractivity contribution is 6.04. The zero-order valence-electron chi connectivity index (χ0n) is 19.1. The van der Waals surface area contributed by atoms with E-state index in [0.29, 0.717) is 5.56 Å². The second-order valence-electron chi connectivity index (χ2n) is 7.99. The minimum atomic E-state index is -0.0631. The predicted molar refractivity (Wildman–Crippen MR) is 128 cm³/mol. The molecule has 0 aliphatic rings. The summed E-state index contributed by atoms with van der Waals surface area (Å²) in [7, 11) is 1.66. The molecule has 0 aliphatic heterocycles. The fraction of sp³-hybridized carbons (Fsp3) is 0.385. The van der Waals surface area contributed by atoms with Crippen LogP contribution in [0.15, 0.2) is 36.4 Å². The first-order valence-corrected chi connectivity index (χ1v) is 10.9. The van der Waals surface area contributed by atoms with E-state index in [4.69, 9.17) is 4.98 Å². The molecule has 1 N–H and O–H groups in total. The first kappa shape index (κ1) is 21.8. The number of aryl methyl sites for hydroxylation is 3. The number of hydrogen-bond acceptors (Lipinski definition) is 3. The summed E-state index contributed by atoms with van der Waals surface area (Å²) in [6.45, 7) is 12.7. The lowest BCUT2D eigenvalue weighted by atomic mass is 9.92. The number of carbonyl (C=O) groups excluding carboxylic acids is 1. The fourth-order valence-electron chi connectivity index (χ4n) is 4.45. The van der Waals surface area contributed by atoms with E-state index >= 15 is 0 Å². The van der Waals surface area contributed by atoms with Crippen molar-refractivity contribution in [2.45, 2.75) is 47.5 Å². The average molecular weight is 404 g/mol. The van der Waals surface area contributed by atoms with Gasteiger partial charge in [-0.1, -0.05) is 38.1 Å². The van der Waals surface area contributed by atoms with Gasteiger partial charge in [-0.05, 0) is 56.9 Å². The van der Waals surface area contributed by atoms with Crippen molar-refractivity contribution < 1.29 is 4.79 Å². The number of nitrogens with one attached hydrogen (secondary N) is 1. The minimum Gasteiger partial charge on any atom is -0.370 e. The Hall–Kier alpha value is -2.88. The lowest BCUT2D eigenvalue weighted by molar-refractivity contribution is 0.0963. The summed E-state index contributed by atoms with van der Waals surface area (Å²) in [5, 5.41) is 5.13. The molecule has 2 aromatic carbocycles. The first-order chi connectivity index (χ1) is 14.4. The van der Waals surface area contributed by atoms with Crippen LogP contribution >= 0.6 is 0 Å². The highest BCUT2D eigenvalue weighted by Gasteiger charge is 2.20. The van der Waals surface area contributed by atoms with Crippen LogP contribution in [0, 0.1) is 20.8 Å². The van der Waals surface area contributed by atoms with E-state index in [1.165, 1.54) is 11.1 Å². The third-order valence-electron chi connectivity index (χ3n) is 5.62. The van der Waals surface area contributed by atoms with Gasteiger partial charge in [-0.3, -0.25) is 9.78 Å². The number of hydrogen-bond donors (Lipinski definition) is 1. The van der Waals surface area contributed by atoms with Gasteiger partial charge in [-0.2, -0.15) is 0 Å². The van der Waals surface area contributed by atoms with Gasteiger partial charge in [0.2, 0.25) is 0 Å². The molecule has 3 aromatic rings. The topological polar surface area (TPSA) is 45.2 Å². The number of benzene rings is 2. The number of fused-ring (bicyclic) bond motifs is 1. The number of nitrogens with zero attached hydrogens (tertiary/aromatic N) is 2. The molecule has 0 radical (unpaired) electrons. The standard InChI is InChI=1S/C26H33N3O/c1-7-13-29(14-8-2)25-19(5)28-24(21-11-9-10-12-22(21)25)23-17(3)15-20(16-18(23)4)26(30)27-6/h9-12,15-16H,7-8,13-14H2,1-6H3,(H,27,30). The van der Waals surface area contributed by atoms with Gasteiger partial charge in [0, 0.05) is 42.0 Å². The Bertz CT molecular complexity index is 1040. The Morgan fingerprint density at radius 3 is 2.07 bits per heavy atom. The Labute approximate surface area is 180 Å². The quantitative estimate of drug-likeness (QED) is 0.541. The molecule has 4 heteroatoms. The monoisotopic (exact) mass is 403 g/mol. The fourth-order valence-corrected chi connectivity index (χ4v) is 4.45. The molecule has 0 saturated carbocycles. The van der Waals surface area contributed by atoms with Gasteiger partial charge < -0.3 is 10.2 Å². The van der Waals surface area contributed by atoms with Crippen LogP contribution < -0.4 is 10.2 Å². The Balaban J connectivity index is 2.28. The van der Waals surface area contributed by atoms with E-state index < -0.39 is 0 Å². The van der Waals surface area contributed by atoms with Crippen LogP contribution in [-0.4, -0.2) is 31.0 Å². The maximum Gasteiger partial charge on any atom is 0.251 e. The van der Waals surface area contributed by atoms with Gasteiger partial charge in [-0.25, -0.2) is 0 Å². The molecular formula is C26H33N3O. The highest BCUT2D eigenvalue weighted by Crippen LogP contribution is 2.38. The summed E-state index contributed by atoms with van der Waals surface area (Å²) in [4.78, 5) is 19.7.